The molecule has 7 nitrogen and oxygen atoms in total. The molecule has 9 heteroatoms. The monoisotopic (exact) mass is 703 g/mol. The lowest BCUT2D eigenvalue weighted by Gasteiger charge is -2.19. The summed E-state index contributed by atoms with van der Waals surface area (Å²) in [4.78, 5) is 41.5. The number of thioether (sulfide) groups is 1. The van der Waals surface area contributed by atoms with Gasteiger partial charge in [0, 0.05) is 27.2 Å². The van der Waals surface area contributed by atoms with E-state index in [-0.39, 0.29) is 11.6 Å². The lowest BCUT2D eigenvalue weighted by Crippen LogP contribution is -2.30. The van der Waals surface area contributed by atoms with Crippen molar-refractivity contribution in [2.45, 2.75) is 36.8 Å². The number of halogens is 1. The maximum atomic E-state index is 13.8. The Morgan fingerprint density at radius 1 is 0.780 bits per heavy atom. The Hall–Kier alpha value is -5.31. The molecule has 5 aromatic rings. The van der Waals surface area contributed by atoms with Crippen molar-refractivity contribution in [2.75, 3.05) is 17.7 Å². The molecule has 0 aliphatic heterocycles. The highest BCUT2D eigenvalue weighted by atomic mass is 35.5. The number of benzene rings is 5. The molecular weight excluding hydrogens is 666 g/mol. The van der Waals surface area contributed by atoms with Crippen molar-refractivity contribution in [2.24, 2.45) is 0 Å². The molecule has 0 radical (unpaired) electrons. The number of carbonyl (C=O) groups is 3. The number of nitrogens with one attached hydrogen (secondary N) is 3. The lowest BCUT2D eigenvalue weighted by molar-refractivity contribution is -0.116. The largest absolute Gasteiger partial charge is 0.495 e. The second-order valence-electron chi connectivity index (χ2n) is 11.9. The lowest BCUT2D eigenvalue weighted by atomic mass is 10.0. The van der Waals surface area contributed by atoms with Crippen molar-refractivity contribution in [1.29, 1.82) is 0 Å². The van der Waals surface area contributed by atoms with Gasteiger partial charge < -0.3 is 20.7 Å². The van der Waals surface area contributed by atoms with Crippen molar-refractivity contribution >= 4 is 58.5 Å². The number of anilines is 2. The Bertz CT molecular complexity index is 2000. The fourth-order valence-corrected chi connectivity index (χ4v) is 6.33. The molecule has 0 spiro atoms. The first-order valence-corrected chi connectivity index (χ1v) is 17.3. The van der Waals surface area contributed by atoms with Crippen molar-refractivity contribution in [3.63, 3.8) is 0 Å². The first-order valence-electron chi connectivity index (χ1n) is 16.1. The van der Waals surface area contributed by atoms with Gasteiger partial charge in [0.1, 0.15) is 16.7 Å². The van der Waals surface area contributed by atoms with Crippen LogP contribution in [0.1, 0.15) is 57.6 Å². The van der Waals surface area contributed by atoms with Crippen LogP contribution in [-0.2, 0) is 9.59 Å². The fourth-order valence-electron chi connectivity index (χ4n) is 5.10. The molecule has 0 fully saturated rings. The Morgan fingerprint density at radius 2 is 1.46 bits per heavy atom. The van der Waals surface area contributed by atoms with E-state index >= 15 is 0 Å². The van der Waals surface area contributed by atoms with E-state index in [1.807, 2.05) is 73.7 Å². The zero-order valence-corrected chi connectivity index (χ0v) is 29.8. The second kappa shape index (κ2) is 16.9. The van der Waals surface area contributed by atoms with Crippen molar-refractivity contribution in [3.8, 4) is 5.75 Å². The SMILES string of the molecule is COc1cc(Cl)c(C)cc1NC(=O)C(Sc1cccc(NC(=O)/C(=C\c2ccc(C(C)C)cc2)NC(=O)c2ccccc2)c1)c1ccccc1. The maximum absolute atomic E-state index is 13.8. The quantitative estimate of drug-likeness (QED) is 0.0888. The van der Waals surface area contributed by atoms with Gasteiger partial charge in [-0.05, 0) is 77.6 Å². The third-order valence-electron chi connectivity index (χ3n) is 7.87. The van der Waals surface area contributed by atoms with Crippen LogP contribution in [0.5, 0.6) is 5.75 Å². The van der Waals surface area contributed by atoms with Gasteiger partial charge in [0.25, 0.3) is 11.8 Å². The van der Waals surface area contributed by atoms with Crippen LogP contribution in [0.3, 0.4) is 0 Å². The number of rotatable bonds is 12. The number of methoxy groups -OCH3 is 1. The van der Waals surface area contributed by atoms with Gasteiger partial charge in [-0.3, -0.25) is 14.4 Å². The fraction of sp³-hybridized carbons (Fsp3) is 0.146. The van der Waals surface area contributed by atoms with Crippen molar-refractivity contribution in [1.82, 2.24) is 5.32 Å². The minimum absolute atomic E-state index is 0.0861. The van der Waals surface area contributed by atoms with E-state index in [9.17, 15) is 14.4 Å². The predicted molar refractivity (Wildman–Crippen MR) is 204 cm³/mol. The molecule has 254 valence electrons. The van der Waals surface area contributed by atoms with Gasteiger partial charge in [0.05, 0.1) is 12.8 Å². The van der Waals surface area contributed by atoms with Crippen LogP contribution < -0.4 is 20.7 Å². The summed E-state index contributed by atoms with van der Waals surface area (Å²) >= 11 is 7.63. The van der Waals surface area contributed by atoms with Crippen LogP contribution in [0.4, 0.5) is 11.4 Å². The molecule has 3 N–H and O–H groups in total. The molecule has 0 aliphatic rings. The van der Waals surface area contributed by atoms with Crippen LogP contribution in [0.15, 0.2) is 132 Å². The van der Waals surface area contributed by atoms with Crippen LogP contribution in [-0.4, -0.2) is 24.8 Å². The van der Waals surface area contributed by atoms with Crippen LogP contribution in [0.25, 0.3) is 6.08 Å². The highest BCUT2D eigenvalue weighted by molar-refractivity contribution is 8.00. The van der Waals surface area contributed by atoms with Gasteiger partial charge in [-0.15, -0.1) is 11.8 Å². The summed E-state index contributed by atoms with van der Waals surface area (Å²) in [6, 6.07) is 36.7. The summed E-state index contributed by atoms with van der Waals surface area (Å²) in [5.41, 5.74) is 5.05. The molecule has 5 rings (SSSR count). The molecule has 3 amide bonds. The summed E-state index contributed by atoms with van der Waals surface area (Å²) in [5.74, 6) is -0.343. The number of aryl methyl sites for hydroxylation is 1. The van der Waals surface area contributed by atoms with E-state index in [0.29, 0.717) is 33.6 Å². The van der Waals surface area contributed by atoms with Crippen molar-refractivity contribution < 1.29 is 19.1 Å². The summed E-state index contributed by atoms with van der Waals surface area (Å²) < 4.78 is 5.48. The van der Waals surface area contributed by atoms with E-state index in [1.165, 1.54) is 24.4 Å². The smallest absolute Gasteiger partial charge is 0.272 e. The van der Waals surface area contributed by atoms with Crippen LogP contribution in [0, 0.1) is 6.92 Å². The number of ether oxygens (including phenoxy) is 1. The minimum Gasteiger partial charge on any atom is -0.495 e. The van der Waals surface area contributed by atoms with Gasteiger partial charge in [0.2, 0.25) is 5.91 Å². The van der Waals surface area contributed by atoms with Gasteiger partial charge in [-0.25, -0.2) is 0 Å². The standard InChI is InChI=1S/C41H38ClN3O4S/c1-26(2)29-20-18-28(19-21-29)23-36(45-39(46)31-14-9-6-10-15-31)40(47)43-32-16-11-17-33(24-32)50-38(30-12-7-5-8-13-30)41(48)44-35-22-27(3)34(42)25-37(35)49-4/h5-26,38H,1-4H3,(H,43,47)(H,44,48)(H,45,46)/b36-23+. The molecule has 0 aliphatic carbocycles. The molecule has 5 aromatic carbocycles. The zero-order chi connectivity index (χ0) is 35.6. The molecule has 0 saturated heterocycles. The molecule has 50 heavy (non-hydrogen) atoms. The second-order valence-corrected chi connectivity index (χ2v) is 13.5. The van der Waals surface area contributed by atoms with E-state index in [1.54, 1.807) is 60.7 Å². The van der Waals surface area contributed by atoms with Gasteiger partial charge >= 0.3 is 0 Å². The van der Waals surface area contributed by atoms with E-state index in [2.05, 4.69) is 29.8 Å². The molecule has 0 heterocycles. The summed E-state index contributed by atoms with van der Waals surface area (Å²) in [6.45, 7) is 6.08. The number of hydrogen-bond acceptors (Lipinski definition) is 5. The molecule has 1 atom stereocenters. The topological polar surface area (TPSA) is 96.5 Å². The number of amides is 3. The Labute approximate surface area is 302 Å². The van der Waals surface area contributed by atoms with Gasteiger partial charge in [0.15, 0.2) is 0 Å². The Morgan fingerprint density at radius 3 is 2.12 bits per heavy atom. The van der Waals surface area contributed by atoms with E-state index in [0.717, 1.165) is 21.6 Å². The number of hydrogen-bond donors (Lipinski definition) is 3. The Balaban J connectivity index is 1.39. The first kappa shape index (κ1) is 36.0. The first-order chi connectivity index (χ1) is 24.1. The van der Waals surface area contributed by atoms with E-state index < -0.39 is 17.1 Å². The molecule has 0 aromatic heterocycles. The molecule has 0 saturated carbocycles. The predicted octanol–water partition coefficient (Wildman–Crippen LogP) is 9.66. The average Bonchev–Trinajstić information content (AvgIpc) is 3.12. The minimum atomic E-state index is -0.641. The molecule has 0 bridgehead atoms. The van der Waals surface area contributed by atoms with E-state index in [4.69, 9.17) is 16.3 Å². The Kier molecular flexibility index (Phi) is 12.1. The molecule has 1 unspecified atom stereocenters. The number of carbonyl (C=O) groups excluding carboxylic acids is 3. The maximum Gasteiger partial charge on any atom is 0.272 e. The average molecular weight is 704 g/mol. The third kappa shape index (κ3) is 9.43. The summed E-state index contributed by atoms with van der Waals surface area (Å²) in [5, 5.41) is 8.64. The highest BCUT2D eigenvalue weighted by Gasteiger charge is 2.24. The zero-order valence-electron chi connectivity index (χ0n) is 28.2. The third-order valence-corrected chi connectivity index (χ3v) is 9.52. The normalized spacial score (nSPS) is 11.8. The van der Waals surface area contributed by atoms with Gasteiger partial charge in [-0.2, -0.15) is 0 Å². The van der Waals surface area contributed by atoms with Gasteiger partial charge in [-0.1, -0.05) is 104 Å². The highest BCUT2D eigenvalue weighted by Crippen LogP contribution is 2.39. The molecular formula is C41H38ClN3O4S. The van der Waals surface area contributed by atoms with Crippen LogP contribution in [0.2, 0.25) is 5.02 Å². The van der Waals surface area contributed by atoms with Crippen molar-refractivity contribution in [3.05, 3.63) is 160 Å². The summed E-state index contributed by atoms with van der Waals surface area (Å²) in [6.07, 6.45) is 1.65. The van der Waals surface area contributed by atoms with Crippen LogP contribution >= 0.6 is 23.4 Å². The summed E-state index contributed by atoms with van der Waals surface area (Å²) in [7, 11) is 1.52.